The Balaban J connectivity index is 1.77. The molecular weight excluding hydrogens is 432 g/mol. The molecule has 5 rings (SSSR count). The molecule has 2 aromatic heterocycles. The Labute approximate surface area is 195 Å². The Hall–Kier alpha value is -3.29. The summed E-state index contributed by atoms with van der Waals surface area (Å²) < 4.78 is 14.6. The van der Waals surface area contributed by atoms with E-state index in [9.17, 15) is 4.39 Å². The van der Waals surface area contributed by atoms with Gasteiger partial charge in [0.25, 0.3) is 0 Å². The molecule has 1 fully saturated rings. The SMILES string of the molecule is C#Cc1c(F)ccc2cccc(-c3ncc4c(N5CCCC(C)C5)nc(NC)nc4c3P)c12. The number of pyridine rings is 1. The van der Waals surface area contributed by atoms with Gasteiger partial charge in [-0.15, -0.1) is 15.7 Å². The summed E-state index contributed by atoms with van der Waals surface area (Å²) in [5.41, 5.74) is 2.53. The Bertz CT molecular complexity index is 1430. The van der Waals surface area contributed by atoms with Crippen LogP contribution in [0.5, 0.6) is 0 Å². The number of anilines is 2. The second-order valence-corrected chi connectivity index (χ2v) is 9.14. The standard InChI is InChI=1S/C26H25FN5P/c1-4-17-20(27)11-10-16-8-5-9-18(21(16)17)22-24(33)23-19(13-29-22)25(31-26(28-3)30-23)32-12-6-7-15(2)14-32/h1,5,8-11,13,15H,6-7,12,14,33H2,2-3H3,(H,28,30,31). The van der Waals surface area contributed by atoms with Crippen LogP contribution in [0.1, 0.15) is 25.3 Å². The van der Waals surface area contributed by atoms with E-state index in [0.717, 1.165) is 52.5 Å². The molecule has 5 nitrogen and oxygen atoms in total. The Morgan fingerprint density at radius 3 is 2.85 bits per heavy atom. The zero-order valence-electron chi connectivity index (χ0n) is 18.7. The number of rotatable bonds is 3. The van der Waals surface area contributed by atoms with Gasteiger partial charge in [-0.2, -0.15) is 4.98 Å². The van der Waals surface area contributed by atoms with E-state index in [1.807, 2.05) is 31.4 Å². The van der Waals surface area contributed by atoms with Crippen molar-refractivity contribution in [3.05, 3.63) is 47.9 Å². The molecule has 33 heavy (non-hydrogen) atoms. The summed E-state index contributed by atoms with van der Waals surface area (Å²) in [7, 11) is 4.61. The Kier molecular flexibility index (Phi) is 5.60. The average molecular weight is 457 g/mol. The molecule has 166 valence electrons. The minimum Gasteiger partial charge on any atom is -0.357 e. The largest absolute Gasteiger partial charge is 0.357 e. The van der Waals surface area contributed by atoms with Crippen LogP contribution < -0.4 is 15.5 Å². The van der Waals surface area contributed by atoms with Crippen molar-refractivity contribution in [2.75, 3.05) is 30.4 Å². The van der Waals surface area contributed by atoms with Crippen LogP contribution in [0.4, 0.5) is 16.2 Å². The molecule has 2 unspecified atom stereocenters. The van der Waals surface area contributed by atoms with Crippen LogP contribution in [0, 0.1) is 24.1 Å². The third-order valence-corrected chi connectivity index (χ3v) is 6.88. The van der Waals surface area contributed by atoms with E-state index in [1.54, 1.807) is 6.07 Å². The first-order valence-corrected chi connectivity index (χ1v) is 11.7. The quantitative estimate of drug-likeness (QED) is 0.356. The lowest BCUT2D eigenvalue weighted by Crippen LogP contribution is -2.35. The number of hydrogen-bond donors (Lipinski definition) is 1. The maximum absolute atomic E-state index is 14.6. The summed E-state index contributed by atoms with van der Waals surface area (Å²) in [6.07, 6.45) is 9.89. The van der Waals surface area contributed by atoms with Crippen molar-refractivity contribution in [1.29, 1.82) is 0 Å². The summed E-state index contributed by atoms with van der Waals surface area (Å²) in [4.78, 5) is 16.7. The average Bonchev–Trinajstić information content (AvgIpc) is 2.83. The molecular formula is C26H25FN5P. The Morgan fingerprint density at radius 2 is 2.09 bits per heavy atom. The van der Waals surface area contributed by atoms with Gasteiger partial charge in [0.05, 0.1) is 22.2 Å². The summed E-state index contributed by atoms with van der Waals surface area (Å²) in [5, 5.41) is 6.39. The number of benzene rings is 2. The van der Waals surface area contributed by atoms with Crippen LogP contribution in [0.25, 0.3) is 32.9 Å². The van der Waals surface area contributed by atoms with Crippen molar-refractivity contribution in [2.45, 2.75) is 19.8 Å². The highest BCUT2D eigenvalue weighted by atomic mass is 31.0. The van der Waals surface area contributed by atoms with E-state index in [0.29, 0.717) is 22.9 Å². The molecule has 0 radical (unpaired) electrons. The van der Waals surface area contributed by atoms with E-state index in [1.165, 1.54) is 12.5 Å². The minimum absolute atomic E-state index is 0.246. The number of fused-ring (bicyclic) bond motifs is 2. The van der Waals surface area contributed by atoms with Gasteiger partial charge in [0.15, 0.2) is 0 Å². The van der Waals surface area contributed by atoms with Crippen molar-refractivity contribution in [2.24, 2.45) is 5.92 Å². The predicted molar refractivity (Wildman–Crippen MR) is 138 cm³/mol. The zero-order chi connectivity index (χ0) is 23.1. The number of hydrogen-bond acceptors (Lipinski definition) is 5. The molecule has 3 heterocycles. The summed E-state index contributed by atoms with van der Waals surface area (Å²) >= 11 is 0. The van der Waals surface area contributed by atoms with Gasteiger partial charge in [0.1, 0.15) is 11.6 Å². The number of nitrogens with zero attached hydrogens (tertiary/aromatic N) is 4. The smallest absolute Gasteiger partial charge is 0.224 e. The van der Waals surface area contributed by atoms with E-state index in [4.69, 9.17) is 21.4 Å². The molecule has 4 aromatic rings. The van der Waals surface area contributed by atoms with E-state index < -0.39 is 5.82 Å². The fourth-order valence-electron chi connectivity index (χ4n) is 4.73. The van der Waals surface area contributed by atoms with Crippen molar-refractivity contribution in [3.63, 3.8) is 0 Å². The van der Waals surface area contributed by atoms with E-state index >= 15 is 0 Å². The number of aromatic nitrogens is 3. The normalized spacial score (nSPS) is 16.2. The minimum atomic E-state index is -0.412. The lowest BCUT2D eigenvalue weighted by atomic mass is 9.96. The van der Waals surface area contributed by atoms with Crippen LogP contribution in [-0.4, -0.2) is 35.1 Å². The highest BCUT2D eigenvalue weighted by Gasteiger charge is 2.23. The van der Waals surface area contributed by atoms with Crippen LogP contribution in [0.3, 0.4) is 0 Å². The highest BCUT2D eigenvalue weighted by Crippen LogP contribution is 2.34. The number of nitrogens with one attached hydrogen (secondary N) is 1. The second-order valence-electron chi connectivity index (χ2n) is 8.57. The van der Waals surface area contributed by atoms with Gasteiger partial charge in [-0.05, 0) is 30.2 Å². The van der Waals surface area contributed by atoms with Gasteiger partial charge in [-0.25, -0.2) is 9.37 Å². The van der Waals surface area contributed by atoms with Gasteiger partial charge in [-0.3, -0.25) is 4.98 Å². The van der Waals surface area contributed by atoms with Crippen molar-refractivity contribution in [3.8, 4) is 23.6 Å². The molecule has 2 aromatic carbocycles. The molecule has 0 bridgehead atoms. The van der Waals surface area contributed by atoms with Gasteiger partial charge >= 0.3 is 0 Å². The fraction of sp³-hybridized carbons (Fsp3) is 0.269. The van der Waals surface area contributed by atoms with Crippen LogP contribution in [-0.2, 0) is 0 Å². The zero-order valence-corrected chi connectivity index (χ0v) is 19.8. The molecule has 7 heteroatoms. The molecule has 1 saturated heterocycles. The van der Waals surface area contributed by atoms with Crippen LogP contribution in [0.15, 0.2) is 36.5 Å². The molecule has 2 atom stereocenters. The van der Waals surface area contributed by atoms with E-state index in [2.05, 4.69) is 32.3 Å². The van der Waals surface area contributed by atoms with Crippen LogP contribution in [0.2, 0.25) is 0 Å². The molecule has 0 saturated carbocycles. The first-order chi connectivity index (χ1) is 16.0. The molecule has 1 N–H and O–H groups in total. The summed E-state index contributed by atoms with van der Waals surface area (Å²) in [6.45, 7) is 4.19. The van der Waals surface area contributed by atoms with Crippen molar-refractivity contribution >= 4 is 48.0 Å². The number of terminal acetylenes is 1. The molecule has 0 amide bonds. The Morgan fingerprint density at radius 1 is 1.24 bits per heavy atom. The third-order valence-electron chi connectivity index (χ3n) is 6.33. The third kappa shape index (κ3) is 3.67. The first kappa shape index (κ1) is 21.6. The lowest BCUT2D eigenvalue weighted by Gasteiger charge is -2.32. The fourth-order valence-corrected chi connectivity index (χ4v) is 5.18. The van der Waals surface area contributed by atoms with Gasteiger partial charge in [0, 0.05) is 42.6 Å². The monoisotopic (exact) mass is 457 g/mol. The summed E-state index contributed by atoms with van der Waals surface area (Å²) in [6, 6.07) is 8.95. The van der Waals surface area contributed by atoms with E-state index in [-0.39, 0.29) is 5.56 Å². The highest BCUT2D eigenvalue weighted by molar-refractivity contribution is 7.28. The topological polar surface area (TPSA) is 53.9 Å². The maximum atomic E-state index is 14.6. The number of halogens is 1. The first-order valence-electron chi connectivity index (χ1n) is 11.1. The summed E-state index contributed by atoms with van der Waals surface area (Å²) in [5.74, 6) is 4.18. The van der Waals surface area contributed by atoms with Crippen molar-refractivity contribution in [1.82, 2.24) is 15.0 Å². The van der Waals surface area contributed by atoms with Gasteiger partial charge in [-0.1, -0.05) is 37.1 Å². The number of piperidine rings is 1. The molecule has 1 aliphatic rings. The van der Waals surface area contributed by atoms with Crippen molar-refractivity contribution < 1.29 is 4.39 Å². The second kappa shape index (κ2) is 8.57. The lowest BCUT2D eigenvalue weighted by molar-refractivity contribution is 0.445. The molecule has 0 aliphatic carbocycles. The van der Waals surface area contributed by atoms with Crippen LogP contribution >= 0.6 is 9.24 Å². The van der Waals surface area contributed by atoms with Gasteiger partial charge in [0.2, 0.25) is 5.95 Å². The molecule has 0 spiro atoms. The predicted octanol–water partition coefficient (Wildman–Crippen LogP) is 4.74. The van der Waals surface area contributed by atoms with Gasteiger partial charge < -0.3 is 10.2 Å². The maximum Gasteiger partial charge on any atom is 0.224 e. The molecule has 1 aliphatic heterocycles.